The van der Waals surface area contributed by atoms with Crippen LogP contribution in [0, 0.1) is 5.82 Å². The highest BCUT2D eigenvalue weighted by Gasteiger charge is 2.12. The lowest BCUT2D eigenvalue weighted by Crippen LogP contribution is -2.28. The Morgan fingerprint density at radius 3 is 2.12 bits per heavy atom. The maximum atomic E-state index is 13.7. The third kappa shape index (κ3) is 4.32. The molecule has 126 valence electrons. The second kappa shape index (κ2) is 7.75. The van der Waals surface area contributed by atoms with Gasteiger partial charge in [0, 0.05) is 19.2 Å². The van der Waals surface area contributed by atoms with Gasteiger partial charge in [0.25, 0.3) is 0 Å². The molecule has 1 amide bonds. The number of benzene rings is 3. The number of halogens is 1. The van der Waals surface area contributed by atoms with Crippen molar-refractivity contribution in [1.82, 2.24) is 4.90 Å². The zero-order valence-corrected chi connectivity index (χ0v) is 14.2. The van der Waals surface area contributed by atoms with Crippen molar-refractivity contribution in [2.24, 2.45) is 0 Å². The predicted molar refractivity (Wildman–Crippen MR) is 98.5 cm³/mol. The van der Waals surface area contributed by atoms with Gasteiger partial charge in [0.1, 0.15) is 5.82 Å². The first kappa shape index (κ1) is 16.9. The van der Waals surface area contributed by atoms with Gasteiger partial charge in [0.05, 0.1) is 6.42 Å². The first-order chi connectivity index (χ1) is 12.1. The van der Waals surface area contributed by atoms with Crippen LogP contribution in [0.4, 0.5) is 4.39 Å². The fourth-order valence-electron chi connectivity index (χ4n) is 2.73. The van der Waals surface area contributed by atoms with Crippen molar-refractivity contribution in [2.75, 3.05) is 7.05 Å². The van der Waals surface area contributed by atoms with E-state index >= 15 is 0 Å². The number of hydrogen-bond acceptors (Lipinski definition) is 1. The Hall–Kier alpha value is -2.94. The number of carbonyl (C=O) groups excluding carboxylic acids is 1. The molecule has 3 heteroatoms. The van der Waals surface area contributed by atoms with Gasteiger partial charge in [-0.1, -0.05) is 72.8 Å². The van der Waals surface area contributed by atoms with E-state index < -0.39 is 0 Å². The van der Waals surface area contributed by atoms with E-state index in [0.29, 0.717) is 12.0 Å². The van der Waals surface area contributed by atoms with Crippen LogP contribution in [0.1, 0.15) is 11.1 Å². The van der Waals surface area contributed by atoms with E-state index in [1.165, 1.54) is 6.07 Å². The molecule has 0 atom stereocenters. The first-order valence-electron chi connectivity index (χ1n) is 8.25. The summed E-state index contributed by atoms with van der Waals surface area (Å²) in [5, 5.41) is 0. The average Bonchev–Trinajstić information content (AvgIpc) is 2.65. The summed E-state index contributed by atoms with van der Waals surface area (Å²) in [5.41, 5.74) is 3.75. The molecular formula is C22H20FNO. The second-order valence-electron chi connectivity index (χ2n) is 6.08. The minimum Gasteiger partial charge on any atom is -0.341 e. The van der Waals surface area contributed by atoms with Gasteiger partial charge in [-0.15, -0.1) is 0 Å². The quantitative estimate of drug-likeness (QED) is 0.663. The van der Waals surface area contributed by atoms with Crippen molar-refractivity contribution in [3.05, 3.63) is 95.8 Å². The fraction of sp³-hybridized carbons (Fsp3) is 0.136. The number of carbonyl (C=O) groups is 1. The summed E-state index contributed by atoms with van der Waals surface area (Å²) in [7, 11) is 1.70. The number of likely N-dealkylation sites (N-methyl/N-ethyl adjacent to an activating group) is 1. The molecule has 0 unspecified atom stereocenters. The molecule has 0 heterocycles. The van der Waals surface area contributed by atoms with Gasteiger partial charge in [0.15, 0.2) is 0 Å². The fourth-order valence-corrected chi connectivity index (χ4v) is 2.73. The Balaban J connectivity index is 1.63. The van der Waals surface area contributed by atoms with Crippen LogP contribution in [-0.2, 0) is 17.8 Å². The number of rotatable bonds is 5. The van der Waals surface area contributed by atoms with Gasteiger partial charge in [0.2, 0.25) is 5.91 Å². The van der Waals surface area contributed by atoms with E-state index in [4.69, 9.17) is 0 Å². The highest BCUT2D eigenvalue weighted by Crippen LogP contribution is 2.19. The average molecular weight is 333 g/mol. The molecule has 0 aliphatic heterocycles. The Kier molecular flexibility index (Phi) is 5.24. The predicted octanol–water partition coefficient (Wildman–Crippen LogP) is 4.69. The molecule has 3 rings (SSSR count). The first-order valence-corrected chi connectivity index (χ1v) is 8.25. The molecule has 0 saturated heterocycles. The summed E-state index contributed by atoms with van der Waals surface area (Å²) in [6, 6.07) is 24.6. The number of nitrogens with zero attached hydrogens (tertiary/aromatic N) is 1. The van der Waals surface area contributed by atoms with Crippen LogP contribution in [0.5, 0.6) is 0 Å². The second-order valence-corrected chi connectivity index (χ2v) is 6.08. The van der Waals surface area contributed by atoms with Crippen molar-refractivity contribution in [3.63, 3.8) is 0 Å². The highest BCUT2D eigenvalue weighted by atomic mass is 19.1. The minimum atomic E-state index is -0.283. The molecule has 0 radical (unpaired) electrons. The number of hydrogen-bond donors (Lipinski definition) is 0. The third-order valence-electron chi connectivity index (χ3n) is 4.21. The van der Waals surface area contributed by atoms with E-state index in [2.05, 4.69) is 12.1 Å². The Bertz CT molecular complexity index is 843. The molecule has 0 N–H and O–H groups in total. The summed E-state index contributed by atoms with van der Waals surface area (Å²) >= 11 is 0. The van der Waals surface area contributed by atoms with E-state index in [-0.39, 0.29) is 18.3 Å². The van der Waals surface area contributed by atoms with Gasteiger partial charge in [-0.2, -0.15) is 0 Å². The van der Waals surface area contributed by atoms with Crippen molar-refractivity contribution in [1.29, 1.82) is 0 Å². The summed E-state index contributed by atoms with van der Waals surface area (Å²) in [5.74, 6) is -0.315. The Morgan fingerprint density at radius 1 is 0.840 bits per heavy atom. The molecule has 25 heavy (non-hydrogen) atoms. The Morgan fingerprint density at radius 2 is 1.44 bits per heavy atom. The number of amides is 1. The summed E-state index contributed by atoms with van der Waals surface area (Å²) in [6.07, 6.45) is 0.306. The minimum absolute atomic E-state index is 0.0317. The Labute approximate surface area is 147 Å². The SMILES string of the molecule is CN(Cc1ccccc1F)C(=O)Cc1ccc(-c2ccccc2)cc1. The molecule has 0 aliphatic carbocycles. The highest BCUT2D eigenvalue weighted by molar-refractivity contribution is 5.78. The standard InChI is InChI=1S/C22H20FNO/c1-24(16-20-9-5-6-10-21(20)23)22(25)15-17-11-13-19(14-12-17)18-7-3-2-4-8-18/h2-14H,15-16H2,1H3. The summed E-state index contributed by atoms with van der Waals surface area (Å²) in [4.78, 5) is 13.9. The van der Waals surface area contributed by atoms with E-state index in [0.717, 1.165) is 16.7 Å². The van der Waals surface area contributed by atoms with Gasteiger partial charge in [-0.3, -0.25) is 4.79 Å². The maximum absolute atomic E-state index is 13.7. The molecule has 3 aromatic carbocycles. The monoisotopic (exact) mass is 333 g/mol. The molecular weight excluding hydrogens is 313 g/mol. The zero-order chi connectivity index (χ0) is 17.6. The molecule has 0 aromatic heterocycles. The van der Waals surface area contributed by atoms with Crippen LogP contribution in [0.3, 0.4) is 0 Å². The smallest absolute Gasteiger partial charge is 0.227 e. The van der Waals surface area contributed by atoms with Crippen LogP contribution < -0.4 is 0 Å². The lowest BCUT2D eigenvalue weighted by molar-refractivity contribution is -0.129. The largest absolute Gasteiger partial charge is 0.341 e. The zero-order valence-electron chi connectivity index (χ0n) is 14.2. The van der Waals surface area contributed by atoms with Gasteiger partial charge in [-0.25, -0.2) is 4.39 Å². The van der Waals surface area contributed by atoms with Crippen molar-refractivity contribution in [3.8, 4) is 11.1 Å². The molecule has 0 spiro atoms. The van der Waals surface area contributed by atoms with Crippen molar-refractivity contribution in [2.45, 2.75) is 13.0 Å². The molecule has 2 nitrogen and oxygen atoms in total. The molecule has 0 aliphatic rings. The molecule has 3 aromatic rings. The lowest BCUT2D eigenvalue weighted by Gasteiger charge is -2.18. The van der Waals surface area contributed by atoms with Gasteiger partial charge >= 0.3 is 0 Å². The third-order valence-corrected chi connectivity index (χ3v) is 4.21. The molecule has 0 fully saturated rings. The van der Waals surface area contributed by atoms with E-state index in [1.807, 2.05) is 42.5 Å². The normalized spacial score (nSPS) is 10.5. The van der Waals surface area contributed by atoms with Crippen LogP contribution in [0.15, 0.2) is 78.9 Å². The summed E-state index contributed by atoms with van der Waals surface area (Å²) < 4.78 is 13.7. The van der Waals surface area contributed by atoms with Crippen molar-refractivity contribution >= 4 is 5.91 Å². The van der Waals surface area contributed by atoms with Crippen LogP contribution in [0.25, 0.3) is 11.1 Å². The van der Waals surface area contributed by atoms with E-state index in [1.54, 1.807) is 30.1 Å². The van der Waals surface area contributed by atoms with Crippen LogP contribution >= 0.6 is 0 Å². The maximum Gasteiger partial charge on any atom is 0.227 e. The topological polar surface area (TPSA) is 20.3 Å². The van der Waals surface area contributed by atoms with E-state index in [9.17, 15) is 9.18 Å². The van der Waals surface area contributed by atoms with Crippen LogP contribution in [-0.4, -0.2) is 17.9 Å². The molecule has 0 saturated carbocycles. The molecule has 0 bridgehead atoms. The van der Waals surface area contributed by atoms with Gasteiger partial charge < -0.3 is 4.90 Å². The summed E-state index contributed by atoms with van der Waals surface area (Å²) in [6.45, 7) is 0.271. The lowest BCUT2D eigenvalue weighted by atomic mass is 10.0. The van der Waals surface area contributed by atoms with Crippen LogP contribution in [0.2, 0.25) is 0 Å². The van der Waals surface area contributed by atoms with Gasteiger partial charge in [-0.05, 0) is 22.8 Å². The van der Waals surface area contributed by atoms with Crippen molar-refractivity contribution < 1.29 is 9.18 Å².